The number of rotatable bonds is 9. The van der Waals surface area contributed by atoms with Crippen LogP contribution in [0.1, 0.15) is 16.8 Å². The predicted molar refractivity (Wildman–Crippen MR) is 165 cm³/mol. The van der Waals surface area contributed by atoms with Crippen LogP contribution in [-0.2, 0) is 16.2 Å². The lowest BCUT2D eigenvalue weighted by atomic mass is 10.1. The van der Waals surface area contributed by atoms with E-state index in [9.17, 15) is 9.59 Å². The van der Waals surface area contributed by atoms with Crippen LogP contribution in [-0.4, -0.2) is 36.4 Å². The van der Waals surface area contributed by atoms with Gasteiger partial charge in [0.25, 0.3) is 0 Å². The molecular formula is C30H28Cl2N6O3. The van der Waals surface area contributed by atoms with Crippen molar-refractivity contribution < 1.29 is 14.3 Å². The molecule has 0 aliphatic heterocycles. The molecule has 4 aromatic rings. The van der Waals surface area contributed by atoms with E-state index in [1.54, 1.807) is 49.5 Å². The van der Waals surface area contributed by atoms with Gasteiger partial charge in [0.15, 0.2) is 5.96 Å². The molecule has 4 rings (SSSR count). The van der Waals surface area contributed by atoms with Gasteiger partial charge >= 0.3 is 0 Å². The molecule has 210 valence electrons. The number of aryl methyl sites for hydroxylation is 1. The van der Waals surface area contributed by atoms with Crippen molar-refractivity contribution >= 4 is 69.3 Å². The Bertz CT molecular complexity index is 1650. The first kappa shape index (κ1) is 29.4. The van der Waals surface area contributed by atoms with Crippen LogP contribution < -0.4 is 26.4 Å². The van der Waals surface area contributed by atoms with Crippen molar-refractivity contribution in [1.29, 1.82) is 0 Å². The number of guanidine groups is 1. The number of nitrogens with two attached hydrogens (primary N) is 2. The van der Waals surface area contributed by atoms with Crippen LogP contribution in [0.4, 0.5) is 11.4 Å². The summed E-state index contributed by atoms with van der Waals surface area (Å²) in [6.07, 6.45) is 2.94. The Morgan fingerprint density at radius 1 is 1.05 bits per heavy atom. The first-order valence-corrected chi connectivity index (χ1v) is 13.3. The number of likely N-dealkylation sites (N-methyl/N-ethyl adjacent to an activating group) is 1. The van der Waals surface area contributed by atoms with Crippen molar-refractivity contribution in [2.45, 2.75) is 13.5 Å². The third-order valence-corrected chi connectivity index (χ3v) is 6.86. The topological polar surface area (TPSA) is 136 Å². The zero-order valence-corrected chi connectivity index (χ0v) is 23.9. The molecule has 0 unspecified atom stereocenters. The third-order valence-electron chi connectivity index (χ3n) is 6.09. The second-order valence-corrected chi connectivity index (χ2v) is 9.85. The number of nitrogens with zero attached hydrogens (tertiary/aromatic N) is 3. The summed E-state index contributed by atoms with van der Waals surface area (Å²) in [7, 11) is 1.57. The third kappa shape index (κ3) is 7.53. The number of pyridine rings is 1. The van der Waals surface area contributed by atoms with Gasteiger partial charge in [-0.1, -0.05) is 53.5 Å². The summed E-state index contributed by atoms with van der Waals surface area (Å²) in [4.78, 5) is 35.1. The molecule has 0 atom stereocenters. The Hall–Kier alpha value is -4.60. The second-order valence-electron chi connectivity index (χ2n) is 9.06. The SMILES string of the molecule is Cc1ccc2cccc(OCc3c(Cl)ccc(N(C)C(=O)CNC(=O)C=Cc4ccc(N=C(N)N)cc4)c3Cl)c2n1. The van der Waals surface area contributed by atoms with Crippen LogP contribution >= 0.6 is 23.2 Å². The van der Waals surface area contributed by atoms with Crippen molar-refractivity contribution in [2.75, 3.05) is 18.5 Å². The minimum Gasteiger partial charge on any atom is -0.487 e. The number of halogens is 2. The van der Waals surface area contributed by atoms with E-state index >= 15 is 0 Å². The van der Waals surface area contributed by atoms with E-state index in [0.717, 1.165) is 22.2 Å². The monoisotopic (exact) mass is 590 g/mol. The molecule has 3 aromatic carbocycles. The standard InChI is InChI=1S/C30H28Cl2N6O3/c1-18-6-10-20-4-3-5-25(29(20)36-18)41-17-22-23(31)13-14-24(28(22)32)38(2)27(40)16-35-26(39)15-9-19-7-11-21(12-8-19)37-30(33)34/h3-15H,16-17H2,1-2H3,(H,35,39)(H4,33,34,37). The Kier molecular flexibility index (Phi) is 9.44. The van der Waals surface area contributed by atoms with E-state index in [1.165, 1.54) is 11.0 Å². The maximum atomic E-state index is 12.9. The number of aliphatic imine (C=N–C) groups is 1. The first-order chi connectivity index (χ1) is 19.6. The highest BCUT2D eigenvalue weighted by atomic mass is 35.5. The predicted octanol–water partition coefficient (Wildman–Crippen LogP) is 5.13. The lowest BCUT2D eigenvalue weighted by molar-refractivity contribution is -0.122. The molecule has 0 fully saturated rings. The molecule has 0 spiro atoms. The van der Waals surface area contributed by atoms with Crippen molar-refractivity contribution in [3.8, 4) is 5.75 Å². The highest BCUT2D eigenvalue weighted by molar-refractivity contribution is 6.38. The van der Waals surface area contributed by atoms with E-state index in [4.69, 9.17) is 39.4 Å². The zero-order chi connectivity index (χ0) is 29.5. The molecule has 1 aromatic heterocycles. The zero-order valence-electron chi connectivity index (χ0n) is 22.4. The molecule has 11 heteroatoms. The number of anilines is 1. The van der Waals surface area contributed by atoms with Gasteiger partial charge in [-0.3, -0.25) is 9.59 Å². The number of fused-ring (bicyclic) bond motifs is 1. The Labute approximate surface area is 247 Å². The summed E-state index contributed by atoms with van der Waals surface area (Å²) in [6, 6.07) is 19.8. The molecular weight excluding hydrogens is 563 g/mol. The number of carbonyl (C=O) groups excluding carboxylic acids is 2. The normalized spacial score (nSPS) is 10.9. The second kappa shape index (κ2) is 13.2. The number of ether oxygens (including phenoxy) is 1. The maximum Gasteiger partial charge on any atom is 0.246 e. The molecule has 5 N–H and O–H groups in total. The lowest BCUT2D eigenvalue weighted by Crippen LogP contribution is -2.37. The van der Waals surface area contributed by atoms with Gasteiger partial charge < -0.3 is 26.4 Å². The molecule has 41 heavy (non-hydrogen) atoms. The smallest absolute Gasteiger partial charge is 0.246 e. The fraction of sp³-hybridized carbons (Fsp3) is 0.133. The van der Waals surface area contributed by atoms with Crippen LogP contribution in [0.15, 0.2) is 77.8 Å². The molecule has 0 aliphatic rings. The largest absolute Gasteiger partial charge is 0.487 e. The van der Waals surface area contributed by atoms with Gasteiger partial charge in [-0.15, -0.1) is 0 Å². The Morgan fingerprint density at radius 3 is 2.54 bits per heavy atom. The molecule has 9 nitrogen and oxygen atoms in total. The van der Waals surface area contributed by atoms with Gasteiger partial charge in [0, 0.05) is 34.8 Å². The first-order valence-electron chi connectivity index (χ1n) is 12.5. The van der Waals surface area contributed by atoms with Crippen LogP contribution in [0.2, 0.25) is 10.0 Å². The van der Waals surface area contributed by atoms with Crippen molar-refractivity contribution in [3.63, 3.8) is 0 Å². The summed E-state index contributed by atoms with van der Waals surface area (Å²) >= 11 is 13.1. The number of hydrogen-bond donors (Lipinski definition) is 3. The van der Waals surface area contributed by atoms with Gasteiger partial charge in [-0.2, -0.15) is 0 Å². The van der Waals surface area contributed by atoms with Gasteiger partial charge in [0.2, 0.25) is 11.8 Å². The van der Waals surface area contributed by atoms with Gasteiger partial charge in [-0.25, -0.2) is 9.98 Å². The Balaban J connectivity index is 1.39. The van der Waals surface area contributed by atoms with Gasteiger partial charge in [-0.05, 0) is 55.0 Å². The van der Waals surface area contributed by atoms with Crippen molar-refractivity contribution in [1.82, 2.24) is 10.3 Å². The van der Waals surface area contributed by atoms with Crippen molar-refractivity contribution in [3.05, 3.63) is 99.7 Å². The lowest BCUT2D eigenvalue weighted by Gasteiger charge is -2.21. The van der Waals surface area contributed by atoms with E-state index in [1.807, 2.05) is 37.3 Å². The van der Waals surface area contributed by atoms with Gasteiger partial charge in [0.05, 0.1) is 22.9 Å². The fourth-order valence-electron chi connectivity index (χ4n) is 3.92. The number of amides is 2. The van der Waals surface area contributed by atoms with Crippen LogP contribution in [0.5, 0.6) is 5.75 Å². The van der Waals surface area contributed by atoms with E-state index < -0.39 is 5.91 Å². The maximum absolute atomic E-state index is 12.9. The van der Waals surface area contributed by atoms with Crippen molar-refractivity contribution in [2.24, 2.45) is 16.5 Å². The van der Waals surface area contributed by atoms with Crippen LogP contribution in [0, 0.1) is 6.92 Å². The number of carbonyl (C=O) groups is 2. The quantitative estimate of drug-likeness (QED) is 0.140. The van der Waals surface area contributed by atoms with Crippen LogP contribution in [0.25, 0.3) is 17.0 Å². The molecule has 0 aliphatic carbocycles. The molecule has 0 radical (unpaired) electrons. The minimum absolute atomic E-state index is 0.0414. The molecule has 2 amide bonds. The number of benzene rings is 3. The fourth-order valence-corrected chi connectivity index (χ4v) is 4.52. The van der Waals surface area contributed by atoms with Gasteiger partial charge in [0.1, 0.15) is 17.9 Å². The highest BCUT2D eigenvalue weighted by Gasteiger charge is 2.19. The number of nitrogens with one attached hydrogen (secondary N) is 1. The molecule has 0 saturated carbocycles. The molecule has 0 saturated heterocycles. The van der Waals surface area contributed by atoms with Crippen LogP contribution in [0.3, 0.4) is 0 Å². The van der Waals surface area contributed by atoms with E-state index in [-0.39, 0.29) is 30.0 Å². The summed E-state index contributed by atoms with van der Waals surface area (Å²) in [5.41, 5.74) is 14.6. The minimum atomic E-state index is -0.435. The number of hydrogen-bond acceptors (Lipinski definition) is 5. The van der Waals surface area contributed by atoms with E-state index in [0.29, 0.717) is 27.7 Å². The average Bonchev–Trinajstić information content (AvgIpc) is 2.95. The molecule has 0 bridgehead atoms. The molecule has 1 heterocycles. The average molecular weight is 591 g/mol. The summed E-state index contributed by atoms with van der Waals surface area (Å²) in [5.74, 6) is -0.262. The summed E-state index contributed by atoms with van der Waals surface area (Å²) in [5, 5.41) is 4.20. The number of para-hydroxylation sites is 1. The summed E-state index contributed by atoms with van der Waals surface area (Å²) < 4.78 is 6.07. The summed E-state index contributed by atoms with van der Waals surface area (Å²) in [6.45, 7) is 1.74. The number of aromatic nitrogens is 1. The Morgan fingerprint density at radius 2 is 1.80 bits per heavy atom. The highest BCUT2D eigenvalue weighted by Crippen LogP contribution is 2.35. The van der Waals surface area contributed by atoms with E-state index in [2.05, 4.69) is 15.3 Å².